The van der Waals surface area contributed by atoms with E-state index in [-0.39, 0.29) is 29.8 Å². The number of hydrogen-bond donors (Lipinski definition) is 0. The maximum Gasteiger partial charge on any atom is 0.417 e. The summed E-state index contributed by atoms with van der Waals surface area (Å²) in [5.41, 5.74) is -1.26. The molecule has 0 saturated heterocycles. The molecule has 1 aliphatic carbocycles. The number of carbonyl (C=O) groups is 1. The molecule has 0 N–H and O–H groups in total. The van der Waals surface area contributed by atoms with Crippen LogP contribution in [0.15, 0.2) is 12.1 Å². The Balaban J connectivity index is 2.74. The highest BCUT2D eigenvalue weighted by Gasteiger charge is 2.38. The number of fused-ring (bicyclic) bond motifs is 1. The predicted octanol–water partition coefficient (Wildman–Crippen LogP) is 3.10. The Morgan fingerprint density at radius 1 is 1.24 bits per heavy atom. The van der Waals surface area contributed by atoms with Gasteiger partial charge < -0.3 is 0 Å². The quantitative estimate of drug-likeness (QED) is 0.698. The third-order valence-corrected chi connectivity index (χ3v) is 2.85. The van der Waals surface area contributed by atoms with Crippen molar-refractivity contribution in [2.75, 3.05) is 0 Å². The maximum atomic E-state index is 12.9. The van der Waals surface area contributed by atoms with E-state index in [9.17, 15) is 18.0 Å². The van der Waals surface area contributed by atoms with Crippen LogP contribution in [0.5, 0.6) is 0 Å². The summed E-state index contributed by atoms with van der Waals surface area (Å²) in [5, 5.41) is 8.71. The first-order valence-corrected chi connectivity index (χ1v) is 5.11. The molecule has 1 aliphatic rings. The number of alkyl halides is 3. The minimum absolute atomic E-state index is 0.0206. The maximum absolute atomic E-state index is 12.9. The molecule has 0 unspecified atom stereocenters. The largest absolute Gasteiger partial charge is 0.417 e. The monoisotopic (exact) mass is 239 g/mol. The summed E-state index contributed by atoms with van der Waals surface area (Å²) in [5.74, 6) is -0.277. The van der Waals surface area contributed by atoms with Gasteiger partial charge in [-0.1, -0.05) is 0 Å². The highest BCUT2D eigenvalue weighted by Crippen LogP contribution is 2.38. The third-order valence-electron chi connectivity index (χ3n) is 2.85. The number of carbonyl (C=O) groups excluding carboxylic acids is 1. The van der Waals surface area contributed by atoms with E-state index in [1.165, 1.54) is 12.1 Å². The fourth-order valence-corrected chi connectivity index (χ4v) is 2.15. The number of benzene rings is 1. The van der Waals surface area contributed by atoms with E-state index in [4.69, 9.17) is 5.26 Å². The number of nitrogens with zero attached hydrogens (tertiary/aromatic N) is 1. The number of ketones is 1. The van der Waals surface area contributed by atoms with Gasteiger partial charge in [0.1, 0.15) is 0 Å². The summed E-state index contributed by atoms with van der Waals surface area (Å²) in [6.07, 6.45) is -3.71. The van der Waals surface area contributed by atoms with Crippen LogP contribution in [0, 0.1) is 11.3 Å². The lowest BCUT2D eigenvalue weighted by molar-refractivity contribution is -0.138. The van der Waals surface area contributed by atoms with Gasteiger partial charge in [0.05, 0.1) is 17.2 Å². The Morgan fingerprint density at radius 3 is 2.53 bits per heavy atom. The average Bonchev–Trinajstić information content (AvgIpc) is 2.26. The molecule has 88 valence electrons. The molecule has 2 nitrogen and oxygen atoms in total. The number of rotatable bonds is 0. The van der Waals surface area contributed by atoms with E-state index >= 15 is 0 Å². The van der Waals surface area contributed by atoms with Gasteiger partial charge in [-0.05, 0) is 30.5 Å². The molecule has 0 heterocycles. The molecule has 0 aliphatic heterocycles. The molecule has 1 aromatic rings. The Morgan fingerprint density at radius 2 is 1.94 bits per heavy atom. The van der Waals surface area contributed by atoms with Crippen molar-refractivity contribution in [2.24, 2.45) is 0 Å². The van der Waals surface area contributed by atoms with Gasteiger partial charge in [-0.2, -0.15) is 18.4 Å². The minimum atomic E-state index is -4.59. The van der Waals surface area contributed by atoms with Crippen LogP contribution in [0.2, 0.25) is 0 Å². The van der Waals surface area contributed by atoms with Crippen molar-refractivity contribution in [3.8, 4) is 6.07 Å². The Kier molecular flexibility index (Phi) is 2.66. The van der Waals surface area contributed by atoms with Gasteiger partial charge in [0, 0.05) is 12.0 Å². The highest BCUT2D eigenvalue weighted by atomic mass is 19.4. The zero-order valence-electron chi connectivity index (χ0n) is 8.77. The van der Waals surface area contributed by atoms with Crippen LogP contribution < -0.4 is 0 Å². The second-order valence-electron chi connectivity index (χ2n) is 3.90. The van der Waals surface area contributed by atoms with Crippen molar-refractivity contribution in [1.82, 2.24) is 0 Å². The number of nitriles is 1. The van der Waals surface area contributed by atoms with Gasteiger partial charge in [0.2, 0.25) is 0 Å². The van der Waals surface area contributed by atoms with Crippen molar-refractivity contribution in [3.05, 3.63) is 34.4 Å². The third kappa shape index (κ3) is 1.91. The molecule has 2 rings (SSSR count). The van der Waals surface area contributed by atoms with Crippen molar-refractivity contribution < 1.29 is 18.0 Å². The molecule has 5 heteroatoms. The topological polar surface area (TPSA) is 40.9 Å². The summed E-state index contributed by atoms with van der Waals surface area (Å²) < 4.78 is 38.7. The zero-order chi connectivity index (χ0) is 12.6. The Labute approximate surface area is 95.7 Å². The lowest BCUT2D eigenvalue weighted by Gasteiger charge is -2.20. The molecule has 0 spiro atoms. The lowest BCUT2D eigenvalue weighted by Crippen LogP contribution is -2.19. The molecule has 1 aromatic carbocycles. The highest BCUT2D eigenvalue weighted by molar-refractivity contribution is 5.99. The Hall–Kier alpha value is -1.83. The van der Waals surface area contributed by atoms with Gasteiger partial charge >= 0.3 is 6.18 Å². The van der Waals surface area contributed by atoms with Crippen LogP contribution >= 0.6 is 0 Å². The van der Waals surface area contributed by atoms with Gasteiger partial charge in [0.25, 0.3) is 0 Å². The zero-order valence-corrected chi connectivity index (χ0v) is 8.77. The van der Waals surface area contributed by atoms with E-state index in [0.29, 0.717) is 6.42 Å². The summed E-state index contributed by atoms with van der Waals surface area (Å²) >= 11 is 0. The predicted molar refractivity (Wildman–Crippen MR) is 53.4 cm³/mol. The fraction of sp³-hybridized carbons (Fsp3) is 0.333. The molecule has 0 amide bonds. The smallest absolute Gasteiger partial charge is 0.294 e. The van der Waals surface area contributed by atoms with Gasteiger partial charge in [-0.15, -0.1) is 0 Å². The molecule has 0 atom stereocenters. The normalized spacial score (nSPS) is 15.3. The first kappa shape index (κ1) is 11.6. The van der Waals surface area contributed by atoms with Crippen LogP contribution in [0.1, 0.15) is 39.9 Å². The fourth-order valence-electron chi connectivity index (χ4n) is 2.15. The van der Waals surface area contributed by atoms with E-state index in [1.54, 1.807) is 0 Å². The van der Waals surface area contributed by atoms with Crippen molar-refractivity contribution in [1.29, 1.82) is 5.26 Å². The molecule has 0 aromatic heterocycles. The molecule has 0 fully saturated rings. The van der Waals surface area contributed by atoms with Gasteiger partial charge in [-0.3, -0.25) is 4.79 Å². The second-order valence-corrected chi connectivity index (χ2v) is 3.90. The minimum Gasteiger partial charge on any atom is -0.294 e. The van der Waals surface area contributed by atoms with Crippen molar-refractivity contribution >= 4 is 5.78 Å². The van der Waals surface area contributed by atoms with Crippen LogP contribution in [-0.2, 0) is 12.6 Å². The summed E-state index contributed by atoms with van der Waals surface area (Å²) in [6, 6.07) is 3.93. The van der Waals surface area contributed by atoms with Gasteiger partial charge in [0.15, 0.2) is 5.78 Å². The lowest BCUT2D eigenvalue weighted by atomic mass is 9.85. The molecule has 0 bridgehead atoms. The molecular weight excluding hydrogens is 231 g/mol. The van der Waals surface area contributed by atoms with Crippen LogP contribution in [0.25, 0.3) is 0 Å². The van der Waals surface area contributed by atoms with Crippen LogP contribution in [-0.4, -0.2) is 5.78 Å². The number of hydrogen-bond acceptors (Lipinski definition) is 2. The average molecular weight is 239 g/mol. The number of Topliss-reactive ketones (excluding diaryl/α,β-unsaturated/α-hetero) is 1. The van der Waals surface area contributed by atoms with Crippen molar-refractivity contribution in [2.45, 2.75) is 25.4 Å². The van der Waals surface area contributed by atoms with Crippen LogP contribution in [0.3, 0.4) is 0 Å². The number of halogens is 3. The molecular formula is C12H8F3NO. The molecule has 17 heavy (non-hydrogen) atoms. The SMILES string of the molecule is N#Cc1ccc2c(c1C(F)(F)F)CCCC2=O. The summed E-state index contributed by atoms with van der Waals surface area (Å²) in [4.78, 5) is 11.5. The summed E-state index contributed by atoms with van der Waals surface area (Å²) in [6.45, 7) is 0. The molecule has 0 saturated carbocycles. The summed E-state index contributed by atoms with van der Waals surface area (Å²) in [7, 11) is 0. The van der Waals surface area contributed by atoms with E-state index in [0.717, 1.165) is 6.07 Å². The Bertz CT molecular complexity index is 526. The van der Waals surface area contributed by atoms with Crippen molar-refractivity contribution in [3.63, 3.8) is 0 Å². The second kappa shape index (κ2) is 3.88. The van der Waals surface area contributed by atoms with Crippen LogP contribution in [0.4, 0.5) is 13.2 Å². The van der Waals surface area contributed by atoms with E-state index in [2.05, 4.69) is 0 Å². The standard InChI is InChI=1S/C12H8F3NO/c13-12(14,15)11-7(6-16)4-5-8-9(11)2-1-3-10(8)17/h4-5H,1-3H2. The first-order valence-electron chi connectivity index (χ1n) is 5.11. The van der Waals surface area contributed by atoms with E-state index in [1.807, 2.05) is 0 Å². The van der Waals surface area contributed by atoms with Gasteiger partial charge in [-0.25, -0.2) is 0 Å². The van der Waals surface area contributed by atoms with E-state index < -0.39 is 17.3 Å². The molecule has 0 radical (unpaired) electrons. The first-order chi connectivity index (χ1) is 7.95.